The number of rotatable bonds is 2. The molecule has 1 aliphatic heterocycles. The highest BCUT2D eigenvalue weighted by atomic mass is 19.1. The number of carbonyl (C=O) groups excluding carboxylic acids is 1. The molecule has 0 unspecified atom stereocenters. The Bertz CT molecular complexity index is 980. The summed E-state index contributed by atoms with van der Waals surface area (Å²) in [5, 5.41) is 4.25. The van der Waals surface area contributed by atoms with Gasteiger partial charge in [-0.25, -0.2) is 0 Å². The first kappa shape index (κ1) is 14.8. The van der Waals surface area contributed by atoms with Crippen LogP contribution in [0.15, 0.2) is 24.4 Å². The molecule has 1 amide bonds. The highest BCUT2D eigenvalue weighted by Gasteiger charge is 2.22. The second kappa shape index (κ2) is 5.38. The van der Waals surface area contributed by atoms with Crippen LogP contribution in [0, 0.1) is 12.4 Å². The third kappa shape index (κ3) is 2.16. The summed E-state index contributed by atoms with van der Waals surface area (Å²) in [6, 6.07) is 5.35. The molecule has 1 aromatic carbocycles. The summed E-state index contributed by atoms with van der Waals surface area (Å²) >= 11 is 0. The van der Waals surface area contributed by atoms with Gasteiger partial charge in [0.15, 0.2) is 0 Å². The molecule has 1 radical (unpaired) electrons. The van der Waals surface area contributed by atoms with Crippen LogP contribution in [0.25, 0.3) is 22.0 Å². The fraction of sp³-hybridized carbons (Fsp3) is 0.176. The number of carbonyl (C=O) groups is 1. The van der Waals surface area contributed by atoms with Gasteiger partial charge in [0.25, 0.3) is 5.91 Å². The molecule has 3 heterocycles. The van der Waals surface area contributed by atoms with E-state index in [-0.39, 0.29) is 5.69 Å². The molecular weight excluding hydrogens is 311 g/mol. The zero-order chi connectivity index (χ0) is 16.8. The Morgan fingerprint density at radius 1 is 1.42 bits per heavy atom. The molecule has 7 heteroatoms. The molecule has 0 saturated heterocycles. The second-order valence-electron chi connectivity index (χ2n) is 5.64. The van der Waals surface area contributed by atoms with Gasteiger partial charge in [-0.3, -0.25) is 14.5 Å². The van der Waals surface area contributed by atoms with Crippen molar-refractivity contribution in [2.75, 3.05) is 6.61 Å². The molecule has 0 aliphatic carbocycles. The molecule has 0 saturated carbocycles. The number of primary amides is 1. The van der Waals surface area contributed by atoms with E-state index in [1.54, 1.807) is 25.7 Å². The number of aryl methyl sites for hydroxylation is 1. The average Bonchev–Trinajstić information content (AvgIpc) is 2.87. The van der Waals surface area contributed by atoms with Crippen molar-refractivity contribution in [1.29, 1.82) is 0 Å². The molecule has 3 aromatic rings. The maximum atomic E-state index is 13.7. The lowest BCUT2D eigenvalue weighted by Gasteiger charge is -2.21. The van der Waals surface area contributed by atoms with Gasteiger partial charge in [-0.05, 0) is 28.8 Å². The number of benzene rings is 1. The number of halogens is 1. The van der Waals surface area contributed by atoms with Gasteiger partial charge in [-0.2, -0.15) is 4.39 Å². The SMILES string of the molecule is Cn1nc(F)c2ccc(-c3cnc(C(N)=O)c4c3COC[CH]4)cc21. The number of nitrogens with two attached hydrogens (primary N) is 1. The predicted octanol–water partition coefficient (Wildman–Crippen LogP) is 1.96. The Kier molecular flexibility index (Phi) is 3.31. The van der Waals surface area contributed by atoms with Crippen LogP contribution < -0.4 is 5.73 Å². The van der Waals surface area contributed by atoms with Gasteiger partial charge < -0.3 is 10.5 Å². The van der Waals surface area contributed by atoms with Crippen LogP contribution in [0.2, 0.25) is 0 Å². The van der Waals surface area contributed by atoms with Crippen molar-refractivity contribution in [1.82, 2.24) is 14.8 Å². The number of hydrogen-bond donors (Lipinski definition) is 1. The largest absolute Gasteiger partial charge is 0.376 e. The number of amides is 1. The molecule has 2 N–H and O–H groups in total. The monoisotopic (exact) mass is 325 g/mol. The molecule has 1 aliphatic rings. The van der Waals surface area contributed by atoms with Gasteiger partial charge in [-0.1, -0.05) is 6.07 Å². The molecule has 121 valence electrons. The van der Waals surface area contributed by atoms with Crippen LogP contribution in [-0.2, 0) is 18.4 Å². The van der Waals surface area contributed by atoms with E-state index in [4.69, 9.17) is 10.5 Å². The average molecular weight is 325 g/mol. The van der Waals surface area contributed by atoms with E-state index in [2.05, 4.69) is 10.1 Å². The summed E-state index contributed by atoms with van der Waals surface area (Å²) in [4.78, 5) is 15.8. The first-order valence-corrected chi connectivity index (χ1v) is 7.41. The summed E-state index contributed by atoms with van der Waals surface area (Å²) in [6.07, 6.45) is 3.41. The standard InChI is InChI=1S/C17H14FN4O2/c1-22-14-6-9(2-3-11(14)16(18)21-22)12-7-20-15(17(19)23)10-4-5-24-8-13(10)12/h2-4,6-7H,5,8H2,1H3,(H2,19,23). The molecule has 24 heavy (non-hydrogen) atoms. The Balaban J connectivity index is 1.93. The van der Waals surface area contributed by atoms with Crippen molar-refractivity contribution in [3.05, 3.63) is 53.6 Å². The van der Waals surface area contributed by atoms with E-state index in [1.165, 1.54) is 4.68 Å². The van der Waals surface area contributed by atoms with Crippen LogP contribution >= 0.6 is 0 Å². The number of fused-ring (bicyclic) bond motifs is 2. The maximum absolute atomic E-state index is 13.7. The summed E-state index contributed by atoms with van der Waals surface area (Å²) in [5.74, 6) is -1.07. The van der Waals surface area contributed by atoms with E-state index in [0.717, 1.165) is 16.7 Å². The highest BCUT2D eigenvalue weighted by Crippen LogP contribution is 2.33. The Morgan fingerprint density at radius 2 is 2.25 bits per heavy atom. The summed E-state index contributed by atoms with van der Waals surface area (Å²) in [6.45, 7) is 0.770. The van der Waals surface area contributed by atoms with E-state index >= 15 is 0 Å². The smallest absolute Gasteiger partial charge is 0.267 e. The highest BCUT2D eigenvalue weighted by molar-refractivity contribution is 5.94. The van der Waals surface area contributed by atoms with Crippen LogP contribution in [0.5, 0.6) is 0 Å². The van der Waals surface area contributed by atoms with Crippen LogP contribution in [-0.4, -0.2) is 27.3 Å². The fourth-order valence-corrected chi connectivity index (χ4v) is 3.07. The van der Waals surface area contributed by atoms with Gasteiger partial charge in [-0.15, -0.1) is 5.10 Å². The lowest BCUT2D eigenvalue weighted by Crippen LogP contribution is -2.21. The molecule has 2 aromatic heterocycles. The molecule has 0 atom stereocenters. The first-order chi connectivity index (χ1) is 11.6. The molecule has 6 nitrogen and oxygen atoms in total. The molecular formula is C17H14FN4O2. The fourth-order valence-electron chi connectivity index (χ4n) is 3.07. The Morgan fingerprint density at radius 3 is 3.04 bits per heavy atom. The second-order valence-corrected chi connectivity index (χ2v) is 5.64. The van der Waals surface area contributed by atoms with Crippen molar-refractivity contribution >= 4 is 16.8 Å². The van der Waals surface area contributed by atoms with Gasteiger partial charge in [0, 0.05) is 25.2 Å². The first-order valence-electron chi connectivity index (χ1n) is 7.41. The van der Waals surface area contributed by atoms with Gasteiger partial charge >= 0.3 is 0 Å². The van der Waals surface area contributed by atoms with Crippen LogP contribution in [0.3, 0.4) is 0 Å². The number of pyridine rings is 1. The number of nitrogens with zero attached hydrogens (tertiary/aromatic N) is 3. The zero-order valence-corrected chi connectivity index (χ0v) is 12.9. The topological polar surface area (TPSA) is 83.0 Å². The van der Waals surface area contributed by atoms with Crippen molar-refractivity contribution in [2.45, 2.75) is 6.61 Å². The van der Waals surface area contributed by atoms with Crippen LogP contribution in [0.1, 0.15) is 21.6 Å². The molecule has 0 bridgehead atoms. The zero-order valence-electron chi connectivity index (χ0n) is 12.9. The lowest BCUT2D eigenvalue weighted by molar-refractivity contribution is 0.0991. The van der Waals surface area contributed by atoms with Gasteiger partial charge in [0.2, 0.25) is 5.95 Å². The minimum absolute atomic E-state index is 0.240. The third-order valence-electron chi connectivity index (χ3n) is 4.23. The number of hydrogen-bond acceptors (Lipinski definition) is 4. The van der Waals surface area contributed by atoms with E-state index in [9.17, 15) is 9.18 Å². The number of aromatic nitrogens is 3. The molecule has 0 fully saturated rings. The van der Waals surface area contributed by atoms with Crippen molar-refractivity contribution in [3.63, 3.8) is 0 Å². The van der Waals surface area contributed by atoms with E-state index in [1.807, 2.05) is 12.1 Å². The molecule has 4 rings (SSSR count). The third-order valence-corrected chi connectivity index (χ3v) is 4.23. The quantitative estimate of drug-likeness (QED) is 0.781. The molecule has 0 spiro atoms. The van der Waals surface area contributed by atoms with Crippen LogP contribution in [0.4, 0.5) is 4.39 Å². The predicted molar refractivity (Wildman–Crippen MR) is 85.5 cm³/mol. The van der Waals surface area contributed by atoms with Crippen molar-refractivity contribution in [3.8, 4) is 11.1 Å². The minimum atomic E-state index is -0.569. The summed E-state index contributed by atoms with van der Waals surface area (Å²) in [5.41, 5.74) is 9.57. The summed E-state index contributed by atoms with van der Waals surface area (Å²) < 4.78 is 20.7. The van der Waals surface area contributed by atoms with Crippen molar-refractivity contribution < 1.29 is 13.9 Å². The van der Waals surface area contributed by atoms with E-state index in [0.29, 0.717) is 29.7 Å². The Hall–Kier alpha value is -2.80. The van der Waals surface area contributed by atoms with Gasteiger partial charge in [0.05, 0.1) is 24.1 Å². The minimum Gasteiger partial charge on any atom is -0.376 e. The van der Waals surface area contributed by atoms with Crippen molar-refractivity contribution in [2.24, 2.45) is 12.8 Å². The number of ether oxygens (including phenoxy) is 1. The van der Waals surface area contributed by atoms with E-state index < -0.39 is 11.9 Å². The normalized spacial score (nSPS) is 13.9. The lowest BCUT2D eigenvalue weighted by atomic mass is 9.93. The summed E-state index contributed by atoms with van der Waals surface area (Å²) in [7, 11) is 1.69. The van der Waals surface area contributed by atoms with Gasteiger partial charge in [0.1, 0.15) is 5.69 Å². The Labute approximate surface area is 137 Å². The maximum Gasteiger partial charge on any atom is 0.267 e.